The zero-order valence-corrected chi connectivity index (χ0v) is 17.7. The molecule has 0 aliphatic carbocycles. The fourth-order valence-electron chi connectivity index (χ4n) is 3.52. The quantitative estimate of drug-likeness (QED) is 0.727. The number of amides is 2. The van der Waals surface area contributed by atoms with Gasteiger partial charge in [0.15, 0.2) is 0 Å². The molecule has 1 fully saturated rings. The predicted octanol–water partition coefficient (Wildman–Crippen LogP) is 3.14. The number of halogens is 1. The lowest BCUT2D eigenvalue weighted by Gasteiger charge is -2.30. The van der Waals surface area contributed by atoms with Crippen LogP contribution in [0.5, 0.6) is 0 Å². The van der Waals surface area contributed by atoms with Crippen LogP contribution in [0.3, 0.4) is 0 Å². The summed E-state index contributed by atoms with van der Waals surface area (Å²) in [5.74, 6) is -0.931. The molecular weight excluding hydrogens is 409 g/mol. The maximum absolute atomic E-state index is 13.3. The molecule has 0 saturated carbocycles. The van der Waals surface area contributed by atoms with Crippen LogP contribution in [0.1, 0.15) is 26.2 Å². The minimum Gasteiger partial charge on any atom is -0.324 e. The minimum atomic E-state index is -3.80. The van der Waals surface area contributed by atoms with Crippen molar-refractivity contribution in [3.63, 3.8) is 0 Å². The SMILES string of the molecule is CCC(C(=O)Nc1ccc(N2CCCC2=O)cc1)N(c1ccc(F)cc1)S(C)(=O)=O. The second-order valence-corrected chi connectivity index (χ2v) is 9.00. The summed E-state index contributed by atoms with van der Waals surface area (Å²) in [6.07, 6.45) is 2.58. The highest BCUT2D eigenvalue weighted by atomic mass is 32.2. The molecule has 1 heterocycles. The smallest absolute Gasteiger partial charge is 0.248 e. The number of carbonyl (C=O) groups excluding carboxylic acids is 2. The second-order valence-electron chi connectivity index (χ2n) is 7.14. The maximum Gasteiger partial charge on any atom is 0.248 e. The number of hydrogen-bond acceptors (Lipinski definition) is 4. The number of nitrogens with one attached hydrogen (secondary N) is 1. The van der Waals surface area contributed by atoms with E-state index in [1.807, 2.05) is 0 Å². The molecule has 1 N–H and O–H groups in total. The van der Waals surface area contributed by atoms with E-state index < -0.39 is 27.8 Å². The van der Waals surface area contributed by atoms with Crippen LogP contribution in [-0.2, 0) is 19.6 Å². The molecule has 2 aromatic rings. The van der Waals surface area contributed by atoms with Gasteiger partial charge in [-0.15, -0.1) is 0 Å². The topological polar surface area (TPSA) is 86.8 Å². The van der Waals surface area contributed by atoms with Crippen LogP contribution < -0.4 is 14.5 Å². The van der Waals surface area contributed by atoms with Gasteiger partial charge < -0.3 is 10.2 Å². The van der Waals surface area contributed by atoms with Crippen LogP contribution in [0.15, 0.2) is 48.5 Å². The monoisotopic (exact) mass is 433 g/mol. The van der Waals surface area contributed by atoms with Crippen molar-refractivity contribution in [3.8, 4) is 0 Å². The first-order chi connectivity index (χ1) is 14.2. The normalized spacial score (nSPS) is 15.2. The first-order valence-electron chi connectivity index (χ1n) is 9.67. The van der Waals surface area contributed by atoms with E-state index in [2.05, 4.69) is 5.32 Å². The van der Waals surface area contributed by atoms with E-state index in [-0.39, 0.29) is 18.0 Å². The molecular formula is C21H24FN3O4S. The lowest BCUT2D eigenvalue weighted by Crippen LogP contribution is -2.47. The van der Waals surface area contributed by atoms with Gasteiger partial charge in [0.05, 0.1) is 11.9 Å². The highest BCUT2D eigenvalue weighted by molar-refractivity contribution is 7.92. The van der Waals surface area contributed by atoms with Crippen LogP contribution in [0, 0.1) is 5.82 Å². The minimum absolute atomic E-state index is 0.0703. The Hall–Kier alpha value is -2.94. The Labute approximate surface area is 175 Å². The van der Waals surface area contributed by atoms with E-state index >= 15 is 0 Å². The zero-order chi connectivity index (χ0) is 21.9. The summed E-state index contributed by atoms with van der Waals surface area (Å²) in [4.78, 5) is 26.5. The first-order valence-corrected chi connectivity index (χ1v) is 11.5. The van der Waals surface area contributed by atoms with Crippen molar-refractivity contribution in [2.45, 2.75) is 32.2 Å². The third-order valence-corrected chi connectivity index (χ3v) is 6.11. The maximum atomic E-state index is 13.3. The number of sulfonamides is 1. The van der Waals surface area contributed by atoms with Gasteiger partial charge in [-0.2, -0.15) is 0 Å². The Morgan fingerprint density at radius 3 is 2.30 bits per heavy atom. The molecule has 160 valence electrons. The van der Waals surface area contributed by atoms with Crippen molar-refractivity contribution in [1.29, 1.82) is 0 Å². The van der Waals surface area contributed by atoms with Crippen molar-refractivity contribution in [1.82, 2.24) is 0 Å². The summed E-state index contributed by atoms with van der Waals surface area (Å²) in [7, 11) is -3.80. The van der Waals surface area contributed by atoms with Crippen molar-refractivity contribution in [3.05, 3.63) is 54.3 Å². The number of rotatable bonds is 7. The average molecular weight is 434 g/mol. The average Bonchev–Trinajstić information content (AvgIpc) is 3.12. The molecule has 9 heteroatoms. The van der Waals surface area contributed by atoms with E-state index in [0.717, 1.165) is 34.8 Å². The van der Waals surface area contributed by atoms with Gasteiger partial charge in [-0.1, -0.05) is 6.92 Å². The summed E-state index contributed by atoms with van der Waals surface area (Å²) in [5.41, 5.74) is 1.46. The molecule has 2 aromatic carbocycles. The fraction of sp³-hybridized carbons (Fsp3) is 0.333. The molecule has 1 aliphatic rings. The van der Waals surface area contributed by atoms with E-state index in [1.54, 1.807) is 36.1 Å². The van der Waals surface area contributed by atoms with Gasteiger partial charge in [0.25, 0.3) is 0 Å². The molecule has 0 aromatic heterocycles. The first kappa shape index (κ1) is 21.8. The molecule has 1 unspecified atom stereocenters. The van der Waals surface area contributed by atoms with Gasteiger partial charge in [0.1, 0.15) is 11.9 Å². The van der Waals surface area contributed by atoms with Crippen molar-refractivity contribution in [2.24, 2.45) is 0 Å². The number of nitrogens with zero attached hydrogens (tertiary/aromatic N) is 2. The summed E-state index contributed by atoms with van der Waals surface area (Å²) in [6.45, 7) is 2.37. The number of benzene rings is 2. The van der Waals surface area contributed by atoms with Gasteiger partial charge in [0.2, 0.25) is 21.8 Å². The Bertz CT molecular complexity index is 1020. The fourth-order valence-corrected chi connectivity index (χ4v) is 4.73. The Kier molecular flexibility index (Phi) is 6.40. The van der Waals surface area contributed by atoms with E-state index in [0.29, 0.717) is 18.7 Å². The second kappa shape index (κ2) is 8.83. The summed E-state index contributed by atoms with van der Waals surface area (Å²) >= 11 is 0. The van der Waals surface area contributed by atoms with Gasteiger partial charge >= 0.3 is 0 Å². The van der Waals surface area contributed by atoms with Crippen molar-refractivity contribution >= 4 is 38.9 Å². The lowest BCUT2D eigenvalue weighted by atomic mass is 10.1. The largest absolute Gasteiger partial charge is 0.324 e. The molecule has 0 radical (unpaired) electrons. The Morgan fingerprint density at radius 2 is 1.80 bits per heavy atom. The zero-order valence-electron chi connectivity index (χ0n) is 16.8. The molecule has 1 saturated heterocycles. The van der Waals surface area contributed by atoms with E-state index in [9.17, 15) is 22.4 Å². The van der Waals surface area contributed by atoms with Gasteiger partial charge in [-0.3, -0.25) is 13.9 Å². The van der Waals surface area contributed by atoms with Crippen LogP contribution >= 0.6 is 0 Å². The van der Waals surface area contributed by atoms with Crippen LogP contribution in [0.25, 0.3) is 0 Å². The predicted molar refractivity (Wildman–Crippen MR) is 114 cm³/mol. The molecule has 1 aliphatic heterocycles. The van der Waals surface area contributed by atoms with Crippen LogP contribution in [0.4, 0.5) is 21.5 Å². The van der Waals surface area contributed by atoms with E-state index in [1.165, 1.54) is 12.1 Å². The molecule has 0 bridgehead atoms. The highest BCUT2D eigenvalue weighted by Gasteiger charge is 2.31. The third kappa shape index (κ3) is 4.79. The van der Waals surface area contributed by atoms with Gasteiger partial charge in [-0.05, 0) is 61.4 Å². The Balaban J connectivity index is 1.80. The summed E-state index contributed by atoms with van der Waals surface area (Å²) in [6, 6.07) is 10.8. The molecule has 0 spiro atoms. The highest BCUT2D eigenvalue weighted by Crippen LogP contribution is 2.25. The van der Waals surface area contributed by atoms with E-state index in [4.69, 9.17) is 0 Å². The lowest BCUT2D eigenvalue weighted by molar-refractivity contribution is -0.118. The number of anilines is 3. The van der Waals surface area contributed by atoms with Crippen molar-refractivity contribution in [2.75, 3.05) is 27.3 Å². The van der Waals surface area contributed by atoms with Crippen molar-refractivity contribution < 1.29 is 22.4 Å². The van der Waals surface area contributed by atoms with Gasteiger partial charge in [-0.25, -0.2) is 12.8 Å². The number of carbonyl (C=O) groups is 2. The molecule has 1 atom stereocenters. The van der Waals surface area contributed by atoms with Crippen LogP contribution in [0.2, 0.25) is 0 Å². The molecule has 30 heavy (non-hydrogen) atoms. The Morgan fingerprint density at radius 1 is 1.17 bits per heavy atom. The molecule has 2 amide bonds. The number of hydrogen-bond donors (Lipinski definition) is 1. The molecule has 3 rings (SSSR count). The summed E-state index contributed by atoms with van der Waals surface area (Å²) < 4.78 is 39.1. The van der Waals surface area contributed by atoms with Crippen LogP contribution in [-0.4, -0.2) is 39.1 Å². The summed E-state index contributed by atoms with van der Waals surface area (Å²) in [5, 5.41) is 2.73. The van der Waals surface area contributed by atoms with Gasteiger partial charge in [0, 0.05) is 24.3 Å². The standard InChI is InChI=1S/C21H24FN3O4S/c1-3-19(25(30(2,28)29)18-10-6-15(22)7-11-18)21(27)23-16-8-12-17(13-9-16)24-14-4-5-20(24)26/h6-13,19H,3-5,14H2,1-2H3,(H,23,27). The third-order valence-electron chi connectivity index (χ3n) is 4.93. The molecule has 7 nitrogen and oxygen atoms in total.